The maximum Gasteiger partial charge on any atom is 0.193 e. The summed E-state index contributed by atoms with van der Waals surface area (Å²) in [6, 6.07) is 7.98. The summed E-state index contributed by atoms with van der Waals surface area (Å²) in [6.07, 6.45) is 6.87. The normalized spacial score (nSPS) is 18.1. The maximum atomic E-state index is 12.9. The predicted octanol–water partition coefficient (Wildman–Crippen LogP) is 4.88. The molecule has 2 aromatic carbocycles. The lowest BCUT2D eigenvalue weighted by molar-refractivity contribution is 0.100. The standard InChI is InChI=1S/C26H28O6/c1-16(2)20(28)12-14-26(3)13-11-19-22(32-26)15-23(31-4)24(25(19)30)21(29)10-7-17-5-8-18(27)9-6-17/h5-11,13,15,20,27-28,30H,1,12,14H2,2-4H3/b10-7+. The topological polar surface area (TPSA) is 96.2 Å². The second kappa shape index (κ2) is 9.32. The third-order valence-electron chi connectivity index (χ3n) is 5.48. The summed E-state index contributed by atoms with van der Waals surface area (Å²) >= 11 is 0. The van der Waals surface area contributed by atoms with Gasteiger partial charge in [-0.3, -0.25) is 4.79 Å². The molecular weight excluding hydrogens is 408 g/mol. The molecule has 1 aliphatic rings. The largest absolute Gasteiger partial charge is 0.508 e. The molecule has 32 heavy (non-hydrogen) atoms. The molecule has 2 aromatic rings. The number of benzene rings is 2. The maximum absolute atomic E-state index is 12.9. The van der Waals surface area contributed by atoms with Crippen molar-refractivity contribution in [2.45, 2.75) is 38.4 Å². The summed E-state index contributed by atoms with van der Waals surface area (Å²) in [6.45, 7) is 7.43. The van der Waals surface area contributed by atoms with Gasteiger partial charge in [-0.05, 0) is 62.6 Å². The van der Waals surface area contributed by atoms with E-state index in [1.807, 2.05) is 13.0 Å². The van der Waals surface area contributed by atoms with Crippen LogP contribution in [-0.4, -0.2) is 39.9 Å². The summed E-state index contributed by atoms with van der Waals surface area (Å²) < 4.78 is 11.5. The molecule has 0 radical (unpaired) electrons. The molecule has 1 heterocycles. The van der Waals surface area contributed by atoms with Crippen molar-refractivity contribution in [3.8, 4) is 23.0 Å². The molecule has 0 saturated carbocycles. The van der Waals surface area contributed by atoms with Crippen LogP contribution in [0.1, 0.15) is 48.2 Å². The molecule has 0 bridgehead atoms. The minimum atomic E-state index is -0.689. The van der Waals surface area contributed by atoms with Gasteiger partial charge in [0.25, 0.3) is 0 Å². The third-order valence-corrected chi connectivity index (χ3v) is 5.48. The van der Waals surface area contributed by atoms with Crippen molar-refractivity contribution < 1.29 is 29.6 Å². The second-order valence-electron chi connectivity index (χ2n) is 8.15. The van der Waals surface area contributed by atoms with E-state index in [4.69, 9.17) is 9.47 Å². The Balaban J connectivity index is 1.88. The van der Waals surface area contributed by atoms with Crippen molar-refractivity contribution in [3.05, 3.63) is 71.3 Å². The fourth-order valence-corrected chi connectivity index (χ4v) is 3.47. The molecule has 6 heteroatoms. The average Bonchev–Trinajstić information content (AvgIpc) is 2.76. The second-order valence-corrected chi connectivity index (χ2v) is 8.15. The molecule has 1 aliphatic heterocycles. The van der Waals surface area contributed by atoms with Crippen LogP contribution in [0.3, 0.4) is 0 Å². The van der Waals surface area contributed by atoms with Gasteiger partial charge in [0.1, 0.15) is 34.2 Å². The Bertz CT molecular complexity index is 1080. The Hall–Kier alpha value is -3.51. The van der Waals surface area contributed by atoms with Gasteiger partial charge in [0.2, 0.25) is 0 Å². The Morgan fingerprint density at radius 2 is 1.97 bits per heavy atom. The first-order valence-corrected chi connectivity index (χ1v) is 10.3. The number of phenolic OH excluding ortho intramolecular Hbond substituents is 2. The molecule has 6 nitrogen and oxygen atoms in total. The van der Waals surface area contributed by atoms with Gasteiger partial charge >= 0.3 is 0 Å². The number of methoxy groups -OCH3 is 1. The van der Waals surface area contributed by atoms with Gasteiger partial charge in [-0.15, -0.1) is 0 Å². The van der Waals surface area contributed by atoms with Crippen molar-refractivity contribution >= 4 is 17.9 Å². The third kappa shape index (κ3) is 5.03. The summed E-state index contributed by atoms with van der Waals surface area (Å²) in [5.74, 6) is 0.0753. The number of hydrogen-bond acceptors (Lipinski definition) is 6. The molecule has 0 saturated heterocycles. The van der Waals surface area contributed by atoms with Gasteiger partial charge in [-0.2, -0.15) is 0 Å². The van der Waals surface area contributed by atoms with Crippen molar-refractivity contribution in [1.82, 2.24) is 0 Å². The number of phenols is 2. The Morgan fingerprint density at radius 3 is 2.59 bits per heavy atom. The first-order valence-electron chi connectivity index (χ1n) is 10.3. The molecular formula is C26H28O6. The number of aliphatic hydroxyl groups excluding tert-OH is 1. The van der Waals surface area contributed by atoms with Crippen LogP contribution in [0, 0.1) is 0 Å². The van der Waals surface area contributed by atoms with Gasteiger partial charge < -0.3 is 24.8 Å². The van der Waals surface area contributed by atoms with Crippen LogP contribution < -0.4 is 9.47 Å². The number of allylic oxidation sites excluding steroid dienone is 1. The van der Waals surface area contributed by atoms with E-state index in [0.717, 1.165) is 5.56 Å². The Kier molecular flexibility index (Phi) is 6.75. The highest BCUT2D eigenvalue weighted by atomic mass is 16.5. The fourth-order valence-electron chi connectivity index (χ4n) is 3.47. The van der Waals surface area contributed by atoms with E-state index in [0.29, 0.717) is 29.7 Å². The zero-order chi connectivity index (χ0) is 23.5. The van der Waals surface area contributed by atoms with Gasteiger partial charge in [-0.25, -0.2) is 0 Å². The average molecular weight is 437 g/mol. The van der Waals surface area contributed by atoms with Gasteiger partial charge in [0.15, 0.2) is 5.78 Å². The van der Waals surface area contributed by atoms with Gasteiger partial charge in [0.05, 0.1) is 18.8 Å². The highest BCUT2D eigenvalue weighted by Crippen LogP contribution is 2.44. The van der Waals surface area contributed by atoms with Gasteiger partial charge in [0, 0.05) is 6.07 Å². The van der Waals surface area contributed by atoms with Crippen LogP contribution in [-0.2, 0) is 0 Å². The van der Waals surface area contributed by atoms with Crippen molar-refractivity contribution in [2.75, 3.05) is 7.11 Å². The number of carbonyl (C=O) groups is 1. The molecule has 3 rings (SSSR count). The van der Waals surface area contributed by atoms with E-state index in [1.54, 1.807) is 37.3 Å². The number of hydrogen-bond donors (Lipinski definition) is 3. The summed E-state index contributed by atoms with van der Waals surface area (Å²) in [5.41, 5.74) is 1.16. The highest BCUT2D eigenvalue weighted by molar-refractivity contribution is 6.11. The first kappa shape index (κ1) is 23.2. The predicted molar refractivity (Wildman–Crippen MR) is 124 cm³/mol. The summed E-state index contributed by atoms with van der Waals surface area (Å²) in [4.78, 5) is 12.9. The SMILES string of the molecule is C=C(C)C(O)CCC1(C)C=Cc2c(cc(OC)c(C(=O)/C=C/c3ccc(O)cc3)c2O)O1. The van der Waals surface area contributed by atoms with E-state index in [-0.39, 0.29) is 22.8 Å². The van der Waals surface area contributed by atoms with E-state index < -0.39 is 17.5 Å². The van der Waals surface area contributed by atoms with Crippen LogP contribution in [0.25, 0.3) is 12.2 Å². The molecule has 0 spiro atoms. The Labute approximate surface area is 187 Å². The number of ether oxygens (including phenoxy) is 2. The molecule has 0 aromatic heterocycles. The molecule has 0 aliphatic carbocycles. The van der Waals surface area contributed by atoms with Gasteiger partial charge in [-0.1, -0.05) is 30.4 Å². The number of ketones is 1. The number of fused-ring (bicyclic) bond motifs is 1. The Morgan fingerprint density at radius 1 is 1.28 bits per heavy atom. The first-order chi connectivity index (χ1) is 15.1. The molecule has 2 atom stereocenters. The number of carbonyl (C=O) groups excluding carboxylic acids is 1. The molecule has 3 N–H and O–H groups in total. The van der Waals surface area contributed by atoms with E-state index >= 15 is 0 Å². The van der Waals surface area contributed by atoms with Crippen molar-refractivity contribution in [3.63, 3.8) is 0 Å². The number of aliphatic hydroxyl groups is 1. The quantitative estimate of drug-likeness (QED) is 0.310. The minimum Gasteiger partial charge on any atom is -0.508 e. The fraction of sp³-hybridized carbons (Fsp3) is 0.269. The minimum absolute atomic E-state index is 0.0378. The van der Waals surface area contributed by atoms with Crippen LogP contribution in [0.15, 0.2) is 54.6 Å². The van der Waals surface area contributed by atoms with Crippen LogP contribution >= 0.6 is 0 Å². The van der Waals surface area contributed by atoms with Crippen molar-refractivity contribution in [2.24, 2.45) is 0 Å². The van der Waals surface area contributed by atoms with E-state index in [1.165, 1.54) is 25.3 Å². The lowest BCUT2D eigenvalue weighted by Gasteiger charge is -2.33. The zero-order valence-electron chi connectivity index (χ0n) is 18.5. The van der Waals surface area contributed by atoms with Crippen LogP contribution in [0.4, 0.5) is 0 Å². The molecule has 168 valence electrons. The van der Waals surface area contributed by atoms with Crippen molar-refractivity contribution in [1.29, 1.82) is 0 Å². The smallest absolute Gasteiger partial charge is 0.193 e. The summed E-state index contributed by atoms with van der Waals surface area (Å²) in [5, 5.41) is 30.3. The summed E-state index contributed by atoms with van der Waals surface area (Å²) in [7, 11) is 1.42. The monoisotopic (exact) mass is 436 g/mol. The van der Waals surface area contributed by atoms with Crippen LogP contribution in [0.2, 0.25) is 0 Å². The van der Waals surface area contributed by atoms with E-state index in [9.17, 15) is 20.1 Å². The lowest BCUT2D eigenvalue weighted by atomic mass is 9.91. The highest BCUT2D eigenvalue weighted by Gasteiger charge is 2.32. The molecule has 2 unspecified atom stereocenters. The zero-order valence-corrected chi connectivity index (χ0v) is 18.5. The molecule has 0 amide bonds. The lowest BCUT2D eigenvalue weighted by Crippen LogP contribution is -2.33. The van der Waals surface area contributed by atoms with E-state index in [2.05, 4.69) is 6.58 Å². The number of aromatic hydroxyl groups is 2. The molecule has 0 fully saturated rings. The number of rotatable bonds is 8. The van der Waals surface area contributed by atoms with Crippen LogP contribution in [0.5, 0.6) is 23.0 Å².